The second-order valence-electron chi connectivity index (χ2n) is 4.53. The van der Waals surface area contributed by atoms with Crippen molar-refractivity contribution in [1.82, 2.24) is 4.90 Å². The Kier molecular flexibility index (Phi) is 5.49. The Labute approximate surface area is 88.8 Å². The van der Waals surface area contributed by atoms with Gasteiger partial charge in [-0.15, -0.1) is 0 Å². The molecule has 0 aromatic carbocycles. The van der Waals surface area contributed by atoms with Gasteiger partial charge in [0.05, 0.1) is 0 Å². The Balaban J connectivity index is 2.39. The first-order valence-electron chi connectivity index (χ1n) is 6.24. The van der Waals surface area contributed by atoms with Crippen LogP contribution in [0.2, 0.25) is 0 Å². The largest absolute Gasteiger partial charge is 0.330 e. The van der Waals surface area contributed by atoms with Crippen molar-refractivity contribution in [2.75, 3.05) is 26.2 Å². The molecule has 2 N–H and O–H groups in total. The standard InChI is InChI=1S/C12H26N2/c1-3-14(4-2)10-12-8-6-5-7-11(12)9-13/h11-12H,3-10,13H2,1-2H3. The van der Waals surface area contributed by atoms with Gasteiger partial charge in [0.15, 0.2) is 0 Å². The van der Waals surface area contributed by atoms with Gasteiger partial charge >= 0.3 is 0 Å². The van der Waals surface area contributed by atoms with Crippen LogP contribution in [0.4, 0.5) is 0 Å². The molecule has 0 spiro atoms. The van der Waals surface area contributed by atoms with Crippen LogP contribution >= 0.6 is 0 Å². The molecule has 1 aliphatic rings. The van der Waals surface area contributed by atoms with E-state index in [1.807, 2.05) is 0 Å². The molecule has 1 fully saturated rings. The smallest absolute Gasteiger partial charge is 0.00125 e. The Bertz CT molecular complexity index is 143. The highest BCUT2D eigenvalue weighted by Gasteiger charge is 2.24. The van der Waals surface area contributed by atoms with Crippen LogP contribution in [0, 0.1) is 11.8 Å². The fraction of sp³-hybridized carbons (Fsp3) is 1.00. The van der Waals surface area contributed by atoms with E-state index < -0.39 is 0 Å². The van der Waals surface area contributed by atoms with Gasteiger partial charge in [0.2, 0.25) is 0 Å². The van der Waals surface area contributed by atoms with Crippen molar-refractivity contribution in [3.8, 4) is 0 Å². The third kappa shape index (κ3) is 3.25. The molecule has 14 heavy (non-hydrogen) atoms. The van der Waals surface area contributed by atoms with Crippen molar-refractivity contribution in [1.29, 1.82) is 0 Å². The number of nitrogens with two attached hydrogens (primary N) is 1. The minimum Gasteiger partial charge on any atom is -0.330 e. The molecular weight excluding hydrogens is 172 g/mol. The molecule has 2 nitrogen and oxygen atoms in total. The van der Waals surface area contributed by atoms with Crippen molar-refractivity contribution >= 4 is 0 Å². The molecule has 0 aliphatic heterocycles. The van der Waals surface area contributed by atoms with E-state index in [1.54, 1.807) is 0 Å². The molecule has 0 saturated heterocycles. The quantitative estimate of drug-likeness (QED) is 0.733. The summed E-state index contributed by atoms with van der Waals surface area (Å²) in [7, 11) is 0. The zero-order chi connectivity index (χ0) is 10.4. The van der Waals surface area contributed by atoms with Crippen LogP contribution in [0.15, 0.2) is 0 Å². The second kappa shape index (κ2) is 6.41. The van der Waals surface area contributed by atoms with Gasteiger partial charge in [0, 0.05) is 6.54 Å². The van der Waals surface area contributed by atoms with E-state index in [9.17, 15) is 0 Å². The van der Waals surface area contributed by atoms with Crippen LogP contribution in [0.5, 0.6) is 0 Å². The van der Waals surface area contributed by atoms with E-state index in [0.717, 1.165) is 18.4 Å². The fourth-order valence-electron chi connectivity index (χ4n) is 2.65. The second-order valence-corrected chi connectivity index (χ2v) is 4.53. The predicted molar refractivity (Wildman–Crippen MR) is 62.3 cm³/mol. The van der Waals surface area contributed by atoms with Gasteiger partial charge < -0.3 is 10.6 Å². The zero-order valence-corrected chi connectivity index (χ0v) is 9.84. The predicted octanol–water partition coefficient (Wildman–Crippen LogP) is 2.09. The number of nitrogens with zero attached hydrogens (tertiary/aromatic N) is 1. The van der Waals surface area contributed by atoms with Gasteiger partial charge in [0.25, 0.3) is 0 Å². The normalized spacial score (nSPS) is 28.3. The minimum atomic E-state index is 0.796. The number of hydrogen-bond donors (Lipinski definition) is 1. The summed E-state index contributed by atoms with van der Waals surface area (Å²) in [6.45, 7) is 9.04. The lowest BCUT2D eigenvalue weighted by molar-refractivity contribution is 0.163. The maximum Gasteiger partial charge on any atom is 0.00125 e. The Hall–Kier alpha value is -0.0800. The molecule has 2 unspecified atom stereocenters. The lowest BCUT2D eigenvalue weighted by atomic mass is 9.79. The van der Waals surface area contributed by atoms with E-state index in [1.165, 1.54) is 45.3 Å². The molecule has 0 aromatic heterocycles. The third-order valence-electron chi connectivity index (χ3n) is 3.76. The molecule has 1 rings (SSSR count). The van der Waals surface area contributed by atoms with E-state index in [4.69, 9.17) is 5.73 Å². The summed E-state index contributed by atoms with van der Waals surface area (Å²) in [5.41, 5.74) is 5.83. The Morgan fingerprint density at radius 3 is 2.14 bits per heavy atom. The molecule has 0 bridgehead atoms. The average Bonchev–Trinajstić information content (AvgIpc) is 2.26. The lowest BCUT2D eigenvalue weighted by Gasteiger charge is -2.34. The Morgan fingerprint density at radius 1 is 1.07 bits per heavy atom. The van der Waals surface area contributed by atoms with Gasteiger partial charge in [-0.25, -0.2) is 0 Å². The summed E-state index contributed by atoms with van der Waals surface area (Å²) in [6.07, 6.45) is 5.58. The summed E-state index contributed by atoms with van der Waals surface area (Å²) in [5.74, 6) is 1.66. The van der Waals surface area contributed by atoms with E-state index in [-0.39, 0.29) is 0 Å². The van der Waals surface area contributed by atoms with Crippen LogP contribution in [0.3, 0.4) is 0 Å². The molecule has 0 aromatic rings. The van der Waals surface area contributed by atoms with Crippen LogP contribution < -0.4 is 5.73 Å². The van der Waals surface area contributed by atoms with E-state index >= 15 is 0 Å². The molecule has 1 saturated carbocycles. The highest BCUT2D eigenvalue weighted by molar-refractivity contribution is 4.78. The summed E-state index contributed by atoms with van der Waals surface area (Å²) in [6, 6.07) is 0. The summed E-state index contributed by atoms with van der Waals surface area (Å²) in [5, 5.41) is 0. The summed E-state index contributed by atoms with van der Waals surface area (Å²) < 4.78 is 0. The molecule has 2 atom stereocenters. The van der Waals surface area contributed by atoms with Crippen LogP contribution in [-0.2, 0) is 0 Å². The maximum absolute atomic E-state index is 5.83. The van der Waals surface area contributed by atoms with Gasteiger partial charge in [0.1, 0.15) is 0 Å². The van der Waals surface area contributed by atoms with Crippen LogP contribution in [0.25, 0.3) is 0 Å². The topological polar surface area (TPSA) is 29.3 Å². The van der Waals surface area contributed by atoms with Crippen molar-refractivity contribution < 1.29 is 0 Å². The summed E-state index contributed by atoms with van der Waals surface area (Å²) >= 11 is 0. The molecule has 2 heteroatoms. The van der Waals surface area contributed by atoms with Crippen LogP contribution in [0.1, 0.15) is 39.5 Å². The van der Waals surface area contributed by atoms with Gasteiger partial charge in [-0.2, -0.15) is 0 Å². The van der Waals surface area contributed by atoms with Crippen molar-refractivity contribution in [3.05, 3.63) is 0 Å². The van der Waals surface area contributed by atoms with Gasteiger partial charge in [-0.1, -0.05) is 26.7 Å². The molecule has 0 amide bonds. The zero-order valence-electron chi connectivity index (χ0n) is 9.84. The van der Waals surface area contributed by atoms with E-state index in [0.29, 0.717) is 0 Å². The summed E-state index contributed by atoms with van der Waals surface area (Å²) in [4.78, 5) is 2.54. The first kappa shape index (κ1) is 12.0. The van der Waals surface area contributed by atoms with Crippen molar-refractivity contribution in [2.45, 2.75) is 39.5 Å². The maximum atomic E-state index is 5.83. The van der Waals surface area contributed by atoms with Crippen molar-refractivity contribution in [2.24, 2.45) is 17.6 Å². The fourth-order valence-corrected chi connectivity index (χ4v) is 2.65. The Morgan fingerprint density at radius 2 is 1.64 bits per heavy atom. The van der Waals surface area contributed by atoms with Gasteiger partial charge in [-0.05, 0) is 44.3 Å². The molecule has 84 valence electrons. The van der Waals surface area contributed by atoms with Gasteiger partial charge in [-0.3, -0.25) is 0 Å². The number of rotatable bonds is 5. The molecule has 0 heterocycles. The molecule has 1 aliphatic carbocycles. The molecular formula is C12H26N2. The first-order chi connectivity index (χ1) is 6.81. The SMILES string of the molecule is CCN(CC)CC1CCCCC1CN. The van der Waals surface area contributed by atoms with E-state index in [2.05, 4.69) is 18.7 Å². The highest BCUT2D eigenvalue weighted by Crippen LogP contribution is 2.29. The number of hydrogen-bond acceptors (Lipinski definition) is 2. The van der Waals surface area contributed by atoms with Crippen molar-refractivity contribution in [3.63, 3.8) is 0 Å². The monoisotopic (exact) mass is 198 g/mol. The lowest BCUT2D eigenvalue weighted by Crippen LogP contribution is -2.37. The molecule has 0 radical (unpaired) electrons. The first-order valence-corrected chi connectivity index (χ1v) is 6.24. The highest BCUT2D eigenvalue weighted by atomic mass is 15.1. The minimum absolute atomic E-state index is 0.796. The average molecular weight is 198 g/mol. The van der Waals surface area contributed by atoms with Crippen LogP contribution in [-0.4, -0.2) is 31.1 Å². The third-order valence-corrected chi connectivity index (χ3v) is 3.76.